The number of esters is 1. The summed E-state index contributed by atoms with van der Waals surface area (Å²) < 4.78 is 15.7. The molecule has 0 bridgehead atoms. The third kappa shape index (κ3) is 7.50. The van der Waals surface area contributed by atoms with Gasteiger partial charge in [-0.1, -0.05) is 0 Å². The van der Waals surface area contributed by atoms with E-state index >= 15 is 0 Å². The van der Waals surface area contributed by atoms with Crippen LogP contribution in [0.1, 0.15) is 41.0 Å². The monoisotopic (exact) mass is 275 g/mol. The Hall–Kier alpha value is -0.650. The third-order valence-corrected chi connectivity index (χ3v) is 2.77. The summed E-state index contributed by atoms with van der Waals surface area (Å²) in [5.74, 6) is -0.263. The number of hydrogen-bond acceptors (Lipinski definition) is 5. The molecule has 0 saturated heterocycles. The van der Waals surface area contributed by atoms with Crippen molar-refractivity contribution in [3.05, 3.63) is 0 Å². The van der Waals surface area contributed by atoms with E-state index in [-0.39, 0.29) is 18.1 Å². The SMILES string of the molecule is CCOCCOC(C)CC(C)(NC(C)C)C(=O)OC. The molecule has 5 nitrogen and oxygen atoms in total. The molecular formula is C14H29NO4. The Kier molecular flexibility index (Phi) is 8.97. The van der Waals surface area contributed by atoms with Crippen LogP contribution in [0.15, 0.2) is 0 Å². The maximum absolute atomic E-state index is 11.9. The fourth-order valence-electron chi connectivity index (χ4n) is 2.15. The molecule has 5 heteroatoms. The predicted octanol–water partition coefficient (Wildman–Crippen LogP) is 1.75. The van der Waals surface area contributed by atoms with Gasteiger partial charge in [-0.05, 0) is 34.6 Å². The van der Waals surface area contributed by atoms with Gasteiger partial charge in [-0.2, -0.15) is 0 Å². The first-order valence-corrected chi connectivity index (χ1v) is 6.91. The van der Waals surface area contributed by atoms with Crippen molar-refractivity contribution in [1.29, 1.82) is 0 Å². The van der Waals surface area contributed by atoms with Crippen molar-refractivity contribution in [2.75, 3.05) is 26.9 Å². The van der Waals surface area contributed by atoms with Gasteiger partial charge in [0.05, 0.1) is 26.4 Å². The van der Waals surface area contributed by atoms with Gasteiger partial charge in [0.2, 0.25) is 0 Å². The average molecular weight is 275 g/mol. The zero-order chi connectivity index (χ0) is 14.9. The van der Waals surface area contributed by atoms with Crippen LogP contribution in [-0.2, 0) is 19.0 Å². The summed E-state index contributed by atoms with van der Waals surface area (Å²) in [5.41, 5.74) is -0.728. The van der Waals surface area contributed by atoms with Crippen LogP contribution in [0, 0.1) is 0 Å². The zero-order valence-electron chi connectivity index (χ0n) is 13.1. The number of ether oxygens (including phenoxy) is 3. The summed E-state index contributed by atoms with van der Waals surface area (Å²) >= 11 is 0. The Bertz CT molecular complexity index is 258. The summed E-state index contributed by atoms with van der Waals surface area (Å²) in [6.45, 7) is 11.6. The smallest absolute Gasteiger partial charge is 0.325 e. The van der Waals surface area contributed by atoms with Gasteiger partial charge in [0.1, 0.15) is 5.54 Å². The van der Waals surface area contributed by atoms with Gasteiger partial charge in [0.15, 0.2) is 0 Å². The van der Waals surface area contributed by atoms with Crippen LogP contribution in [0.4, 0.5) is 0 Å². The van der Waals surface area contributed by atoms with Gasteiger partial charge in [-0.15, -0.1) is 0 Å². The lowest BCUT2D eigenvalue weighted by atomic mass is 9.94. The summed E-state index contributed by atoms with van der Waals surface area (Å²) in [6.07, 6.45) is 0.514. The minimum absolute atomic E-state index is 0.0455. The molecule has 0 radical (unpaired) electrons. The molecule has 0 aliphatic heterocycles. The maximum atomic E-state index is 11.9. The fourth-order valence-corrected chi connectivity index (χ4v) is 2.15. The highest BCUT2D eigenvalue weighted by molar-refractivity contribution is 5.80. The van der Waals surface area contributed by atoms with Crippen LogP contribution in [0.3, 0.4) is 0 Å². The molecule has 0 fully saturated rings. The molecule has 114 valence electrons. The van der Waals surface area contributed by atoms with E-state index < -0.39 is 5.54 Å². The van der Waals surface area contributed by atoms with Gasteiger partial charge in [-0.25, -0.2) is 0 Å². The molecule has 2 unspecified atom stereocenters. The lowest BCUT2D eigenvalue weighted by molar-refractivity contribution is -0.150. The maximum Gasteiger partial charge on any atom is 0.325 e. The van der Waals surface area contributed by atoms with Crippen molar-refractivity contribution in [2.24, 2.45) is 0 Å². The lowest BCUT2D eigenvalue weighted by Crippen LogP contribution is -2.54. The summed E-state index contributed by atoms with van der Waals surface area (Å²) in [6, 6.07) is 0.194. The minimum Gasteiger partial charge on any atom is -0.468 e. The first-order valence-electron chi connectivity index (χ1n) is 6.91. The Labute approximate surface area is 117 Å². The van der Waals surface area contributed by atoms with Crippen LogP contribution >= 0.6 is 0 Å². The second kappa shape index (κ2) is 9.28. The fraction of sp³-hybridized carbons (Fsp3) is 0.929. The molecule has 0 rings (SSSR count). The normalized spacial score (nSPS) is 16.2. The Morgan fingerprint density at radius 2 is 1.89 bits per heavy atom. The molecule has 0 aliphatic carbocycles. The molecular weight excluding hydrogens is 246 g/mol. The van der Waals surface area contributed by atoms with Gasteiger partial charge in [0, 0.05) is 19.1 Å². The second-order valence-electron chi connectivity index (χ2n) is 5.21. The summed E-state index contributed by atoms with van der Waals surface area (Å²) in [4.78, 5) is 11.9. The molecule has 0 aromatic carbocycles. The molecule has 19 heavy (non-hydrogen) atoms. The minimum atomic E-state index is -0.728. The zero-order valence-corrected chi connectivity index (χ0v) is 13.1. The van der Waals surface area contributed by atoms with Gasteiger partial charge in [0.25, 0.3) is 0 Å². The quantitative estimate of drug-likeness (QED) is 0.486. The summed E-state index contributed by atoms with van der Waals surface area (Å²) in [5, 5.41) is 3.25. The number of carbonyl (C=O) groups excluding carboxylic acids is 1. The Balaban J connectivity index is 4.34. The molecule has 0 aromatic heterocycles. The van der Waals surface area contributed by atoms with Crippen LogP contribution in [0.25, 0.3) is 0 Å². The Morgan fingerprint density at radius 1 is 1.26 bits per heavy atom. The largest absolute Gasteiger partial charge is 0.468 e. The van der Waals surface area contributed by atoms with E-state index in [4.69, 9.17) is 14.2 Å². The number of nitrogens with one attached hydrogen (secondary N) is 1. The van der Waals surface area contributed by atoms with Crippen molar-refractivity contribution < 1.29 is 19.0 Å². The van der Waals surface area contributed by atoms with E-state index in [1.54, 1.807) is 0 Å². The van der Waals surface area contributed by atoms with E-state index in [0.717, 1.165) is 0 Å². The molecule has 0 spiro atoms. The Morgan fingerprint density at radius 3 is 2.37 bits per heavy atom. The summed E-state index contributed by atoms with van der Waals surface area (Å²) in [7, 11) is 1.41. The van der Waals surface area contributed by atoms with Crippen LogP contribution < -0.4 is 5.32 Å². The standard InChI is InChI=1S/C14H29NO4/c1-7-18-8-9-19-12(4)10-14(5,13(16)17-6)15-11(2)3/h11-12,15H,7-10H2,1-6H3. The average Bonchev–Trinajstić information content (AvgIpc) is 2.32. The third-order valence-electron chi connectivity index (χ3n) is 2.77. The predicted molar refractivity (Wildman–Crippen MR) is 75.2 cm³/mol. The highest BCUT2D eigenvalue weighted by Crippen LogP contribution is 2.17. The first kappa shape index (κ1) is 18.4. The highest BCUT2D eigenvalue weighted by Gasteiger charge is 2.36. The van der Waals surface area contributed by atoms with Gasteiger partial charge in [-0.3, -0.25) is 10.1 Å². The number of rotatable bonds is 10. The molecule has 0 heterocycles. The molecule has 1 N–H and O–H groups in total. The van der Waals surface area contributed by atoms with Crippen LogP contribution in [0.5, 0.6) is 0 Å². The molecule has 0 aromatic rings. The topological polar surface area (TPSA) is 56.8 Å². The van der Waals surface area contributed by atoms with Gasteiger partial charge >= 0.3 is 5.97 Å². The van der Waals surface area contributed by atoms with E-state index in [1.165, 1.54) is 7.11 Å². The second-order valence-corrected chi connectivity index (χ2v) is 5.21. The first-order chi connectivity index (χ1) is 8.85. The van der Waals surface area contributed by atoms with Crippen LogP contribution in [-0.4, -0.2) is 50.6 Å². The number of methoxy groups -OCH3 is 1. The van der Waals surface area contributed by atoms with Crippen molar-refractivity contribution in [3.63, 3.8) is 0 Å². The van der Waals surface area contributed by atoms with Crippen molar-refractivity contribution in [3.8, 4) is 0 Å². The van der Waals surface area contributed by atoms with Crippen molar-refractivity contribution in [2.45, 2.75) is 58.7 Å². The molecule has 0 saturated carbocycles. The van der Waals surface area contributed by atoms with E-state index in [1.807, 2.05) is 34.6 Å². The number of hydrogen-bond donors (Lipinski definition) is 1. The number of carbonyl (C=O) groups is 1. The molecule has 0 amide bonds. The van der Waals surface area contributed by atoms with E-state index in [2.05, 4.69) is 5.32 Å². The van der Waals surface area contributed by atoms with Gasteiger partial charge < -0.3 is 14.2 Å². The van der Waals surface area contributed by atoms with E-state index in [9.17, 15) is 4.79 Å². The van der Waals surface area contributed by atoms with Crippen LogP contribution in [0.2, 0.25) is 0 Å². The van der Waals surface area contributed by atoms with Crippen molar-refractivity contribution in [1.82, 2.24) is 5.32 Å². The highest BCUT2D eigenvalue weighted by atomic mass is 16.5. The lowest BCUT2D eigenvalue weighted by Gasteiger charge is -2.32. The molecule has 0 aliphatic rings. The molecule has 2 atom stereocenters. The van der Waals surface area contributed by atoms with Crippen molar-refractivity contribution >= 4 is 5.97 Å². The van der Waals surface area contributed by atoms with E-state index in [0.29, 0.717) is 26.2 Å².